The van der Waals surface area contributed by atoms with Crippen LogP contribution >= 0.6 is 0 Å². The molecular weight excluding hydrogens is 564 g/mol. The van der Waals surface area contributed by atoms with Gasteiger partial charge in [-0.1, -0.05) is 65.3 Å². The van der Waals surface area contributed by atoms with Gasteiger partial charge in [0.25, 0.3) is 0 Å². The fourth-order valence-corrected chi connectivity index (χ4v) is 11.7. The first-order valence-electron chi connectivity index (χ1n) is 17.3. The van der Waals surface area contributed by atoms with Gasteiger partial charge in [0.1, 0.15) is 5.75 Å². The molecule has 1 aromatic carbocycles. The van der Waals surface area contributed by atoms with Gasteiger partial charge in [0, 0.05) is 11.5 Å². The normalized spacial score (nSPS) is 43.7. The Hall–Kier alpha value is -2.60. The SMILES string of the molecule is CC1(C)CCC2(C(=O)O)CCC3(C)C(=CCC4C5(C)CCC(O)C(C)(COC(=O)C=Cc6ccc(O)cc6)C5CCC43C)C2C1. The average Bonchev–Trinajstić information content (AvgIpc) is 2.98. The Morgan fingerprint density at radius 3 is 2.29 bits per heavy atom. The number of ether oxygens (including phenoxy) is 1. The van der Waals surface area contributed by atoms with Gasteiger partial charge in [-0.2, -0.15) is 0 Å². The van der Waals surface area contributed by atoms with Crippen molar-refractivity contribution in [3.05, 3.63) is 47.6 Å². The number of carbonyl (C=O) groups is 2. The number of benzene rings is 1. The van der Waals surface area contributed by atoms with E-state index in [1.165, 1.54) is 11.6 Å². The zero-order valence-corrected chi connectivity index (χ0v) is 28.2. The van der Waals surface area contributed by atoms with E-state index < -0.39 is 28.9 Å². The van der Waals surface area contributed by atoms with E-state index in [9.17, 15) is 24.9 Å². The second-order valence-electron chi connectivity index (χ2n) is 17.3. The van der Waals surface area contributed by atoms with Crippen LogP contribution in [0.4, 0.5) is 0 Å². The maximum atomic E-state index is 12.9. The molecular formula is C39H54O6. The van der Waals surface area contributed by atoms with Crippen LogP contribution in [-0.2, 0) is 14.3 Å². The number of carbonyl (C=O) groups excluding carboxylic acids is 1. The van der Waals surface area contributed by atoms with Gasteiger partial charge in [-0.15, -0.1) is 0 Å². The number of rotatable bonds is 5. The molecule has 0 bridgehead atoms. The molecule has 0 amide bonds. The number of aromatic hydroxyl groups is 1. The second-order valence-corrected chi connectivity index (χ2v) is 17.3. The van der Waals surface area contributed by atoms with E-state index >= 15 is 0 Å². The summed E-state index contributed by atoms with van der Waals surface area (Å²) in [6.07, 6.45) is 14.0. The number of hydrogen-bond acceptors (Lipinski definition) is 5. The highest BCUT2D eigenvalue weighted by atomic mass is 16.5. The maximum Gasteiger partial charge on any atom is 0.330 e. The van der Waals surface area contributed by atoms with Crippen LogP contribution < -0.4 is 0 Å². The quantitative estimate of drug-likeness (QED) is 0.175. The molecule has 0 aliphatic heterocycles. The zero-order chi connectivity index (χ0) is 32.6. The molecule has 5 aliphatic rings. The van der Waals surface area contributed by atoms with Crippen LogP contribution in [0.1, 0.15) is 111 Å². The molecule has 6 rings (SSSR count). The molecule has 4 fully saturated rings. The molecule has 6 nitrogen and oxygen atoms in total. The van der Waals surface area contributed by atoms with E-state index in [-0.39, 0.29) is 45.9 Å². The molecule has 3 N–H and O–H groups in total. The lowest BCUT2D eigenvalue weighted by atomic mass is 9.33. The van der Waals surface area contributed by atoms with E-state index in [1.807, 2.05) is 0 Å². The lowest BCUT2D eigenvalue weighted by Crippen LogP contribution is -2.66. The number of hydrogen-bond donors (Lipinski definition) is 3. The molecule has 0 spiro atoms. The summed E-state index contributed by atoms with van der Waals surface area (Å²) in [5, 5.41) is 31.6. The summed E-state index contributed by atoms with van der Waals surface area (Å²) in [5.74, 6) is -0.152. The van der Waals surface area contributed by atoms with E-state index in [1.54, 1.807) is 30.3 Å². The van der Waals surface area contributed by atoms with Gasteiger partial charge in [0.15, 0.2) is 0 Å². The number of aliphatic hydroxyl groups is 1. The third kappa shape index (κ3) is 4.83. The molecule has 4 saturated carbocycles. The van der Waals surface area contributed by atoms with Gasteiger partial charge in [-0.25, -0.2) is 4.79 Å². The highest BCUT2D eigenvalue weighted by Crippen LogP contribution is 2.75. The molecule has 1 aromatic rings. The van der Waals surface area contributed by atoms with Crippen LogP contribution in [0.25, 0.3) is 6.08 Å². The van der Waals surface area contributed by atoms with Gasteiger partial charge in [-0.05, 0) is 127 Å². The smallest absolute Gasteiger partial charge is 0.330 e. The number of carboxylic acids is 1. The Morgan fingerprint density at radius 2 is 1.60 bits per heavy atom. The Bertz CT molecular complexity index is 1410. The number of phenolic OH excluding ortho intramolecular Hbond substituents is 1. The van der Waals surface area contributed by atoms with Crippen LogP contribution in [0.5, 0.6) is 5.75 Å². The van der Waals surface area contributed by atoms with Crippen LogP contribution in [0.2, 0.25) is 0 Å². The molecule has 45 heavy (non-hydrogen) atoms. The first-order chi connectivity index (χ1) is 21.0. The topological polar surface area (TPSA) is 104 Å². The molecule has 0 saturated heterocycles. The zero-order valence-electron chi connectivity index (χ0n) is 28.2. The van der Waals surface area contributed by atoms with E-state index in [4.69, 9.17) is 4.74 Å². The first kappa shape index (κ1) is 32.3. The third-order valence-corrected chi connectivity index (χ3v) is 14.7. The Labute approximate surface area is 269 Å². The number of phenols is 1. The lowest BCUT2D eigenvalue weighted by Gasteiger charge is -2.71. The van der Waals surface area contributed by atoms with E-state index in [2.05, 4.69) is 47.6 Å². The molecule has 0 aromatic heterocycles. The van der Waals surface area contributed by atoms with Crippen molar-refractivity contribution in [2.45, 2.75) is 112 Å². The summed E-state index contributed by atoms with van der Waals surface area (Å²) >= 11 is 0. The fourth-order valence-electron chi connectivity index (χ4n) is 11.7. The standard InChI is InChI=1S/C39H54O6/c1-34(2)19-21-39(33(43)44)22-20-37(5)27(28(39)23-34)12-13-30-35(3)17-16-31(41)36(4,29(35)15-18-38(30,37)6)24-45-32(42)14-9-25-7-10-26(40)11-8-25/h7-12,14,28-31,40-41H,13,15-24H2,1-6H3,(H,43,44). The summed E-state index contributed by atoms with van der Waals surface area (Å²) < 4.78 is 5.87. The average molecular weight is 619 g/mol. The predicted octanol–water partition coefficient (Wildman–Crippen LogP) is 8.18. The minimum Gasteiger partial charge on any atom is -0.508 e. The number of fused-ring (bicyclic) bond motifs is 7. The maximum absolute atomic E-state index is 12.9. The molecule has 9 unspecified atom stereocenters. The van der Waals surface area contributed by atoms with Crippen LogP contribution in [-0.4, -0.2) is 40.0 Å². The molecule has 0 radical (unpaired) electrons. The molecule has 9 atom stereocenters. The fraction of sp³-hybridized carbons (Fsp3) is 0.692. The van der Waals surface area contributed by atoms with Crippen molar-refractivity contribution in [3.8, 4) is 5.75 Å². The Kier molecular flexibility index (Phi) is 7.70. The van der Waals surface area contributed by atoms with Gasteiger partial charge in [-0.3, -0.25) is 4.79 Å². The number of carboxylic acid groups (broad SMARTS) is 1. The first-order valence-corrected chi connectivity index (χ1v) is 17.3. The van der Waals surface area contributed by atoms with Crippen molar-refractivity contribution >= 4 is 18.0 Å². The van der Waals surface area contributed by atoms with Gasteiger partial charge < -0.3 is 20.1 Å². The Balaban J connectivity index is 1.27. The summed E-state index contributed by atoms with van der Waals surface area (Å²) in [4.78, 5) is 25.8. The summed E-state index contributed by atoms with van der Waals surface area (Å²) in [5.41, 5.74) is 1.11. The molecule has 5 aliphatic carbocycles. The number of allylic oxidation sites excluding steroid dienone is 2. The largest absolute Gasteiger partial charge is 0.508 e. The highest BCUT2D eigenvalue weighted by molar-refractivity contribution is 5.87. The Morgan fingerprint density at radius 1 is 0.911 bits per heavy atom. The van der Waals surface area contributed by atoms with Crippen LogP contribution in [0.15, 0.2) is 42.0 Å². The van der Waals surface area contributed by atoms with Gasteiger partial charge >= 0.3 is 11.9 Å². The summed E-state index contributed by atoms with van der Waals surface area (Å²) in [6.45, 7) is 14.3. The number of esters is 1. The highest BCUT2D eigenvalue weighted by Gasteiger charge is 2.69. The van der Waals surface area contributed by atoms with Crippen molar-refractivity contribution in [2.24, 2.45) is 50.2 Å². The van der Waals surface area contributed by atoms with E-state index in [0.29, 0.717) is 12.3 Å². The summed E-state index contributed by atoms with van der Waals surface area (Å²) in [7, 11) is 0. The number of aliphatic hydroxyl groups excluding tert-OH is 1. The minimum atomic E-state index is -0.640. The molecule has 246 valence electrons. The predicted molar refractivity (Wildman–Crippen MR) is 175 cm³/mol. The lowest BCUT2D eigenvalue weighted by molar-refractivity contribution is -0.219. The van der Waals surface area contributed by atoms with Crippen LogP contribution in [0.3, 0.4) is 0 Å². The monoisotopic (exact) mass is 618 g/mol. The van der Waals surface area contributed by atoms with E-state index in [0.717, 1.165) is 63.4 Å². The number of aliphatic carboxylic acids is 1. The van der Waals surface area contributed by atoms with Crippen LogP contribution in [0, 0.1) is 50.2 Å². The van der Waals surface area contributed by atoms with Crippen molar-refractivity contribution in [3.63, 3.8) is 0 Å². The summed E-state index contributed by atoms with van der Waals surface area (Å²) in [6, 6.07) is 6.64. The molecule has 0 heterocycles. The van der Waals surface area contributed by atoms with Gasteiger partial charge in [0.05, 0.1) is 18.1 Å². The molecule has 6 heteroatoms. The minimum absolute atomic E-state index is 0.0291. The van der Waals surface area contributed by atoms with Crippen molar-refractivity contribution < 1.29 is 29.6 Å². The van der Waals surface area contributed by atoms with Crippen molar-refractivity contribution in [1.29, 1.82) is 0 Å². The third-order valence-electron chi connectivity index (χ3n) is 14.7. The second kappa shape index (κ2) is 10.7. The van der Waals surface area contributed by atoms with Crippen molar-refractivity contribution in [2.75, 3.05) is 6.61 Å². The van der Waals surface area contributed by atoms with Gasteiger partial charge in [0.2, 0.25) is 0 Å². The van der Waals surface area contributed by atoms with Crippen molar-refractivity contribution in [1.82, 2.24) is 0 Å².